The molecule has 1 aliphatic heterocycles. The summed E-state index contributed by atoms with van der Waals surface area (Å²) in [5.74, 6) is -4.39. The standard InChI is InChI=1S/C26H21F2N3O5/c1-15-9-10-22(36-2)20(11-15)30-23(32)14-21(26(30)35)31(25(34)17-6-4-8-19(28)13-17)29-24(33)16-5-3-7-18(27)12-16/h3-13,21H,14H2,1-2H3,(H,29,33). The number of hydrazine groups is 1. The van der Waals surface area contributed by atoms with Gasteiger partial charge in [0.2, 0.25) is 5.91 Å². The molecule has 0 aliphatic carbocycles. The van der Waals surface area contributed by atoms with E-state index in [1.165, 1.54) is 31.4 Å². The SMILES string of the molecule is COc1ccc(C)cc1N1C(=O)CC(N(NC(=O)c2cccc(F)c2)C(=O)c2cccc(F)c2)C1=O. The van der Waals surface area contributed by atoms with Gasteiger partial charge in [0, 0.05) is 11.1 Å². The van der Waals surface area contributed by atoms with E-state index in [0.717, 1.165) is 34.7 Å². The maximum atomic E-state index is 13.8. The highest BCUT2D eigenvalue weighted by atomic mass is 19.1. The predicted octanol–water partition coefficient (Wildman–Crippen LogP) is 3.40. The van der Waals surface area contributed by atoms with E-state index >= 15 is 0 Å². The number of anilines is 1. The number of benzene rings is 3. The normalized spacial score (nSPS) is 15.1. The van der Waals surface area contributed by atoms with Gasteiger partial charge in [-0.2, -0.15) is 0 Å². The van der Waals surface area contributed by atoms with Crippen LogP contribution in [0.3, 0.4) is 0 Å². The summed E-state index contributed by atoms with van der Waals surface area (Å²) in [5.41, 5.74) is 2.96. The fourth-order valence-electron chi connectivity index (χ4n) is 3.88. The fraction of sp³-hybridized carbons (Fsp3) is 0.154. The van der Waals surface area contributed by atoms with Crippen LogP contribution in [0.5, 0.6) is 5.75 Å². The van der Waals surface area contributed by atoms with Gasteiger partial charge in [-0.3, -0.25) is 24.6 Å². The first-order chi connectivity index (χ1) is 17.2. The van der Waals surface area contributed by atoms with Gasteiger partial charge in [0.1, 0.15) is 23.4 Å². The number of aryl methyl sites for hydroxylation is 1. The van der Waals surface area contributed by atoms with Crippen LogP contribution in [0.25, 0.3) is 0 Å². The Kier molecular flexibility index (Phi) is 6.77. The Morgan fingerprint density at radius 2 is 1.61 bits per heavy atom. The Balaban J connectivity index is 1.73. The molecule has 8 nitrogen and oxygen atoms in total. The molecule has 1 N–H and O–H groups in total. The average Bonchev–Trinajstić information content (AvgIpc) is 3.15. The summed E-state index contributed by atoms with van der Waals surface area (Å²) < 4.78 is 32.8. The number of hydrogen-bond acceptors (Lipinski definition) is 5. The molecule has 1 fully saturated rings. The number of imide groups is 1. The zero-order valence-electron chi connectivity index (χ0n) is 19.3. The van der Waals surface area contributed by atoms with Crippen molar-refractivity contribution in [1.29, 1.82) is 0 Å². The number of carbonyl (C=O) groups excluding carboxylic acids is 4. The van der Waals surface area contributed by atoms with Crippen molar-refractivity contribution in [2.45, 2.75) is 19.4 Å². The molecule has 3 aromatic rings. The van der Waals surface area contributed by atoms with Gasteiger partial charge >= 0.3 is 0 Å². The lowest BCUT2D eigenvalue weighted by atomic mass is 10.1. The summed E-state index contributed by atoms with van der Waals surface area (Å²) >= 11 is 0. The van der Waals surface area contributed by atoms with E-state index in [9.17, 15) is 28.0 Å². The summed E-state index contributed by atoms with van der Waals surface area (Å²) in [5, 5.41) is 0.685. The van der Waals surface area contributed by atoms with E-state index in [1.807, 2.05) is 0 Å². The van der Waals surface area contributed by atoms with Crippen molar-refractivity contribution >= 4 is 29.3 Å². The lowest BCUT2D eigenvalue weighted by molar-refractivity contribution is -0.122. The number of nitrogens with one attached hydrogen (secondary N) is 1. The molecule has 0 spiro atoms. The number of carbonyl (C=O) groups is 4. The summed E-state index contributed by atoms with van der Waals surface area (Å²) in [4.78, 5) is 53.6. The minimum absolute atomic E-state index is 0.124. The van der Waals surface area contributed by atoms with E-state index in [4.69, 9.17) is 4.74 Å². The molecule has 4 amide bonds. The molecule has 36 heavy (non-hydrogen) atoms. The second-order valence-electron chi connectivity index (χ2n) is 8.10. The molecule has 0 radical (unpaired) electrons. The molecular formula is C26H21F2N3O5. The first-order valence-electron chi connectivity index (χ1n) is 10.9. The van der Waals surface area contributed by atoms with E-state index in [2.05, 4.69) is 5.43 Å². The molecule has 0 aromatic heterocycles. The number of methoxy groups -OCH3 is 1. The quantitative estimate of drug-likeness (QED) is 0.434. The third kappa shape index (κ3) is 4.78. The Bertz CT molecular complexity index is 1380. The van der Waals surface area contributed by atoms with Gasteiger partial charge in [0.05, 0.1) is 19.2 Å². The first kappa shape index (κ1) is 24.5. The van der Waals surface area contributed by atoms with Crippen LogP contribution < -0.4 is 15.1 Å². The van der Waals surface area contributed by atoms with Crippen LogP contribution in [-0.4, -0.2) is 41.8 Å². The smallest absolute Gasteiger partial charge is 0.273 e. The first-order valence-corrected chi connectivity index (χ1v) is 10.9. The van der Waals surface area contributed by atoms with Crippen molar-refractivity contribution in [2.24, 2.45) is 0 Å². The fourth-order valence-corrected chi connectivity index (χ4v) is 3.88. The van der Waals surface area contributed by atoms with Crippen molar-refractivity contribution in [3.8, 4) is 5.75 Å². The van der Waals surface area contributed by atoms with Gasteiger partial charge < -0.3 is 4.74 Å². The molecule has 1 atom stereocenters. The Morgan fingerprint density at radius 3 is 2.25 bits per heavy atom. The number of ether oxygens (including phenoxy) is 1. The second-order valence-corrected chi connectivity index (χ2v) is 8.10. The van der Waals surface area contributed by atoms with Crippen LogP contribution in [0.15, 0.2) is 66.7 Å². The number of rotatable bonds is 5. The van der Waals surface area contributed by atoms with Crippen LogP contribution in [0.2, 0.25) is 0 Å². The lowest BCUT2D eigenvalue weighted by Crippen LogP contribution is -2.54. The molecule has 3 aromatic carbocycles. The molecule has 1 saturated heterocycles. The minimum atomic E-state index is -1.45. The lowest BCUT2D eigenvalue weighted by Gasteiger charge is -2.28. The Morgan fingerprint density at radius 1 is 0.972 bits per heavy atom. The molecule has 1 unspecified atom stereocenters. The van der Waals surface area contributed by atoms with Gasteiger partial charge in [-0.15, -0.1) is 0 Å². The van der Waals surface area contributed by atoms with Gasteiger partial charge in [0.25, 0.3) is 17.7 Å². The minimum Gasteiger partial charge on any atom is -0.495 e. The maximum Gasteiger partial charge on any atom is 0.273 e. The van der Waals surface area contributed by atoms with Gasteiger partial charge in [0.15, 0.2) is 0 Å². The monoisotopic (exact) mass is 493 g/mol. The Labute approximate surface area is 205 Å². The summed E-state index contributed by atoms with van der Waals surface area (Å²) in [7, 11) is 1.38. The number of amides is 4. The number of nitrogens with zero attached hydrogens (tertiary/aromatic N) is 2. The summed E-state index contributed by atoms with van der Waals surface area (Å²) in [6.45, 7) is 1.77. The van der Waals surface area contributed by atoms with Crippen molar-refractivity contribution in [1.82, 2.24) is 10.4 Å². The molecule has 0 bridgehead atoms. The number of halogens is 2. The molecule has 10 heteroatoms. The van der Waals surface area contributed by atoms with E-state index in [1.54, 1.807) is 25.1 Å². The van der Waals surface area contributed by atoms with Crippen LogP contribution in [0, 0.1) is 18.6 Å². The maximum absolute atomic E-state index is 13.8. The molecule has 4 rings (SSSR count). The third-order valence-corrected chi connectivity index (χ3v) is 5.61. The van der Waals surface area contributed by atoms with Gasteiger partial charge in [-0.25, -0.2) is 18.7 Å². The highest BCUT2D eigenvalue weighted by Crippen LogP contribution is 2.34. The van der Waals surface area contributed by atoms with E-state index in [-0.39, 0.29) is 22.6 Å². The molecule has 184 valence electrons. The summed E-state index contributed by atoms with van der Waals surface area (Å²) in [6.07, 6.45) is -0.458. The molecular weight excluding hydrogens is 472 g/mol. The van der Waals surface area contributed by atoms with Crippen molar-refractivity contribution in [3.63, 3.8) is 0 Å². The highest BCUT2D eigenvalue weighted by molar-refractivity contribution is 6.24. The Hall–Kier alpha value is -4.60. The van der Waals surface area contributed by atoms with Crippen LogP contribution in [0.1, 0.15) is 32.7 Å². The zero-order valence-corrected chi connectivity index (χ0v) is 19.3. The topological polar surface area (TPSA) is 96.0 Å². The highest BCUT2D eigenvalue weighted by Gasteiger charge is 2.46. The van der Waals surface area contributed by atoms with E-state index in [0.29, 0.717) is 5.01 Å². The van der Waals surface area contributed by atoms with Crippen LogP contribution in [0.4, 0.5) is 14.5 Å². The van der Waals surface area contributed by atoms with Crippen LogP contribution >= 0.6 is 0 Å². The van der Waals surface area contributed by atoms with Gasteiger partial charge in [-0.1, -0.05) is 18.2 Å². The molecule has 1 aliphatic rings. The van der Waals surface area contributed by atoms with E-state index < -0.39 is 47.7 Å². The largest absolute Gasteiger partial charge is 0.495 e. The van der Waals surface area contributed by atoms with Crippen LogP contribution in [-0.2, 0) is 9.59 Å². The average molecular weight is 493 g/mol. The molecule has 0 saturated carbocycles. The van der Waals surface area contributed by atoms with Gasteiger partial charge in [-0.05, 0) is 61.0 Å². The third-order valence-electron chi connectivity index (χ3n) is 5.61. The number of hydrogen-bond donors (Lipinski definition) is 1. The molecule has 1 heterocycles. The van der Waals surface area contributed by atoms with Crippen molar-refractivity contribution < 1.29 is 32.7 Å². The zero-order chi connectivity index (χ0) is 26.0. The van der Waals surface area contributed by atoms with Crippen molar-refractivity contribution in [2.75, 3.05) is 12.0 Å². The summed E-state index contributed by atoms with van der Waals surface area (Å²) in [6, 6.07) is 12.8. The van der Waals surface area contributed by atoms with Crippen molar-refractivity contribution in [3.05, 3.63) is 95.1 Å². The second kappa shape index (κ2) is 9.95. The predicted molar refractivity (Wildman–Crippen MR) is 125 cm³/mol.